The molecule has 1 amide bonds. The minimum atomic E-state index is -0.424. The molecule has 0 aliphatic rings. The van der Waals surface area contributed by atoms with Crippen molar-refractivity contribution in [2.45, 2.75) is 26.4 Å². The second kappa shape index (κ2) is 6.37. The molecule has 0 aromatic heterocycles. The number of hydrogen-bond donors (Lipinski definition) is 3. The summed E-state index contributed by atoms with van der Waals surface area (Å²) >= 11 is 0. The molecule has 1 rings (SSSR count). The van der Waals surface area contributed by atoms with E-state index >= 15 is 0 Å². The van der Waals surface area contributed by atoms with Crippen molar-refractivity contribution in [2.75, 3.05) is 6.61 Å². The van der Waals surface area contributed by atoms with Crippen LogP contribution in [0.25, 0.3) is 0 Å². The van der Waals surface area contributed by atoms with E-state index in [9.17, 15) is 9.90 Å². The molecule has 0 spiro atoms. The third-order valence-electron chi connectivity index (χ3n) is 2.84. The van der Waals surface area contributed by atoms with Gasteiger partial charge in [0.25, 0.3) is 0 Å². The normalized spacial score (nSPS) is 12.7. The Bertz CT molecular complexity index is 377. The van der Waals surface area contributed by atoms with E-state index in [1.54, 1.807) is 12.1 Å². The highest BCUT2D eigenvalue weighted by Gasteiger charge is 2.13. The first-order chi connectivity index (χ1) is 8.06. The second-order valence-electron chi connectivity index (χ2n) is 4.44. The summed E-state index contributed by atoms with van der Waals surface area (Å²) in [6, 6.07) is 7.25. The van der Waals surface area contributed by atoms with E-state index in [-0.39, 0.29) is 12.6 Å². The number of nitrogens with two attached hydrogens (primary N) is 1. The summed E-state index contributed by atoms with van der Waals surface area (Å²) in [4.78, 5) is 11.2. The summed E-state index contributed by atoms with van der Waals surface area (Å²) in [5.41, 5.74) is 6.69. The van der Waals surface area contributed by atoms with E-state index in [2.05, 4.69) is 5.32 Å². The van der Waals surface area contributed by atoms with Crippen molar-refractivity contribution in [3.8, 4) is 0 Å². The average Bonchev–Trinajstić information content (AvgIpc) is 2.29. The van der Waals surface area contributed by atoms with E-state index in [0.29, 0.717) is 18.0 Å². The Labute approximate surface area is 102 Å². The van der Waals surface area contributed by atoms with Crippen molar-refractivity contribution in [3.63, 3.8) is 0 Å². The zero-order valence-corrected chi connectivity index (χ0v) is 10.3. The van der Waals surface area contributed by atoms with Crippen molar-refractivity contribution in [2.24, 2.45) is 11.7 Å². The molecular weight excluding hydrogens is 216 g/mol. The zero-order chi connectivity index (χ0) is 12.8. The van der Waals surface area contributed by atoms with Gasteiger partial charge in [-0.2, -0.15) is 0 Å². The third kappa shape index (κ3) is 3.84. The number of rotatable bonds is 6. The van der Waals surface area contributed by atoms with Crippen LogP contribution in [0.5, 0.6) is 0 Å². The van der Waals surface area contributed by atoms with Gasteiger partial charge < -0.3 is 16.2 Å². The molecule has 0 bridgehead atoms. The summed E-state index contributed by atoms with van der Waals surface area (Å²) < 4.78 is 0. The maximum atomic E-state index is 11.2. The molecule has 1 aromatic rings. The SMILES string of the molecule is CC(C)[C@@H](CO)NCc1ccccc1C(N)=O. The van der Waals surface area contributed by atoms with E-state index < -0.39 is 5.91 Å². The van der Waals surface area contributed by atoms with Gasteiger partial charge in [-0.15, -0.1) is 0 Å². The van der Waals surface area contributed by atoms with Crippen molar-refractivity contribution in [3.05, 3.63) is 35.4 Å². The molecule has 0 unspecified atom stereocenters. The monoisotopic (exact) mass is 236 g/mol. The molecule has 0 aliphatic carbocycles. The molecule has 4 N–H and O–H groups in total. The summed E-state index contributed by atoms with van der Waals surface area (Å²) in [6.07, 6.45) is 0. The van der Waals surface area contributed by atoms with Crippen LogP contribution < -0.4 is 11.1 Å². The van der Waals surface area contributed by atoms with Crippen LogP contribution in [0.3, 0.4) is 0 Å². The molecule has 0 saturated carbocycles. The molecule has 4 heteroatoms. The van der Waals surface area contributed by atoms with Gasteiger partial charge in [-0.3, -0.25) is 4.79 Å². The number of nitrogens with one attached hydrogen (secondary N) is 1. The maximum Gasteiger partial charge on any atom is 0.249 e. The van der Waals surface area contributed by atoms with Gasteiger partial charge in [0, 0.05) is 18.2 Å². The Morgan fingerprint density at radius 1 is 1.41 bits per heavy atom. The van der Waals surface area contributed by atoms with Crippen LogP contribution in [-0.4, -0.2) is 23.7 Å². The van der Waals surface area contributed by atoms with Gasteiger partial charge >= 0.3 is 0 Å². The van der Waals surface area contributed by atoms with Crippen molar-refractivity contribution < 1.29 is 9.90 Å². The lowest BCUT2D eigenvalue weighted by atomic mass is 10.0. The minimum Gasteiger partial charge on any atom is -0.395 e. The fourth-order valence-electron chi connectivity index (χ4n) is 1.67. The van der Waals surface area contributed by atoms with E-state index in [1.807, 2.05) is 26.0 Å². The first-order valence-corrected chi connectivity index (χ1v) is 5.78. The van der Waals surface area contributed by atoms with Crippen molar-refractivity contribution in [1.82, 2.24) is 5.32 Å². The Morgan fingerprint density at radius 2 is 2.06 bits per heavy atom. The number of aliphatic hydroxyl groups is 1. The summed E-state index contributed by atoms with van der Waals surface area (Å²) in [7, 11) is 0. The number of carbonyl (C=O) groups excluding carboxylic acids is 1. The van der Waals surface area contributed by atoms with Crippen LogP contribution in [0.4, 0.5) is 0 Å². The highest BCUT2D eigenvalue weighted by Crippen LogP contribution is 2.09. The molecule has 17 heavy (non-hydrogen) atoms. The largest absolute Gasteiger partial charge is 0.395 e. The quantitative estimate of drug-likeness (QED) is 0.686. The fraction of sp³-hybridized carbons (Fsp3) is 0.462. The third-order valence-corrected chi connectivity index (χ3v) is 2.84. The number of amides is 1. The van der Waals surface area contributed by atoms with Crippen LogP contribution in [-0.2, 0) is 6.54 Å². The lowest BCUT2D eigenvalue weighted by Gasteiger charge is -2.20. The first-order valence-electron chi connectivity index (χ1n) is 5.78. The van der Waals surface area contributed by atoms with E-state index in [1.165, 1.54) is 0 Å². The topological polar surface area (TPSA) is 75.3 Å². The standard InChI is InChI=1S/C13H20N2O2/c1-9(2)12(8-16)15-7-10-5-3-4-6-11(10)13(14)17/h3-6,9,12,15-16H,7-8H2,1-2H3,(H2,14,17)/t12-/m1/s1. The highest BCUT2D eigenvalue weighted by molar-refractivity contribution is 5.94. The number of hydrogen-bond acceptors (Lipinski definition) is 3. The fourth-order valence-corrected chi connectivity index (χ4v) is 1.67. The molecule has 1 atom stereocenters. The van der Waals surface area contributed by atoms with Crippen LogP contribution >= 0.6 is 0 Å². The van der Waals surface area contributed by atoms with Crippen LogP contribution in [0.1, 0.15) is 29.8 Å². The summed E-state index contributed by atoms with van der Waals surface area (Å²) in [6.45, 7) is 4.68. The van der Waals surface area contributed by atoms with Gasteiger partial charge in [0.1, 0.15) is 0 Å². The van der Waals surface area contributed by atoms with Crippen molar-refractivity contribution in [1.29, 1.82) is 0 Å². The molecular formula is C13H20N2O2. The van der Waals surface area contributed by atoms with E-state index in [4.69, 9.17) is 5.73 Å². The molecule has 94 valence electrons. The van der Waals surface area contributed by atoms with Gasteiger partial charge in [0.15, 0.2) is 0 Å². The number of primary amides is 1. The first kappa shape index (κ1) is 13.7. The lowest BCUT2D eigenvalue weighted by molar-refractivity contribution is 0.0999. The van der Waals surface area contributed by atoms with Crippen LogP contribution in [0, 0.1) is 5.92 Å². The van der Waals surface area contributed by atoms with Crippen LogP contribution in [0.2, 0.25) is 0 Å². The van der Waals surface area contributed by atoms with E-state index in [0.717, 1.165) is 5.56 Å². The van der Waals surface area contributed by atoms with Gasteiger partial charge in [0.05, 0.1) is 6.61 Å². The predicted octanol–water partition coefficient (Wildman–Crippen LogP) is 0.892. The molecule has 0 aliphatic heterocycles. The Balaban J connectivity index is 2.72. The maximum absolute atomic E-state index is 11.2. The summed E-state index contributed by atoms with van der Waals surface area (Å²) in [5.74, 6) is -0.0896. The molecule has 0 fully saturated rings. The van der Waals surface area contributed by atoms with Crippen LogP contribution in [0.15, 0.2) is 24.3 Å². The molecule has 1 aromatic carbocycles. The zero-order valence-electron chi connectivity index (χ0n) is 10.3. The number of carbonyl (C=O) groups is 1. The highest BCUT2D eigenvalue weighted by atomic mass is 16.3. The predicted molar refractivity (Wildman–Crippen MR) is 67.5 cm³/mol. The Hall–Kier alpha value is -1.39. The van der Waals surface area contributed by atoms with Crippen molar-refractivity contribution >= 4 is 5.91 Å². The van der Waals surface area contributed by atoms with Gasteiger partial charge in [-0.1, -0.05) is 32.0 Å². The lowest BCUT2D eigenvalue weighted by Crippen LogP contribution is -2.37. The smallest absolute Gasteiger partial charge is 0.249 e. The van der Waals surface area contributed by atoms with Gasteiger partial charge in [0.2, 0.25) is 5.91 Å². The summed E-state index contributed by atoms with van der Waals surface area (Å²) in [5, 5.41) is 12.4. The molecule has 0 heterocycles. The number of aliphatic hydroxyl groups excluding tert-OH is 1. The molecule has 4 nitrogen and oxygen atoms in total. The second-order valence-corrected chi connectivity index (χ2v) is 4.44. The average molecular weight is 236 g/mol. The Kier molecular flexibility index (Phi) is 5.12. The number of benzene rings is 1. The Morgan fingerprint density at radius 3 is 2.59 bits per heavy atom. The molecule has 0 radical (unpaired) electrons. The minimum absolute atomic E-state index is 0.0240. The van der Waals surface area contributed by atoms with Gasteiger partial charge in [-0.05, 0) is 17.5 Å². The van der Waals surface area contributed by atoms with Gasteiger partial charge in [-0.25, -0.2) is 0 Å². The molecule has 0 saturated heterocycles.